The van der Waals surface area contributed by atoms with Crippen molar-refractivity contribution < 1.29 is 18.3 Å². The number of amides is 1. The number of benzene rings is 1. The first-order valence-corrected chi connectivity index (χ1v) is 6.51. The highest BCUT2D eigenvalue weighted by atomic mass is 35.5. The van der Waals surface area contributed by atoms with Gasteiger partial charge in [0.05, 0.1) is 18.2 Å². The minimum atomic E-state index is -2.53. The number of rotatable bonds is 7. The molecule has 114 valence electrons. The predicted molar refractivity (Wildman–Crippen MR) is 78.6 cm³/mol. The van der Waals surface area contributed by atoms with Gasteiger partial charge in [-0.1, -0.05) is 23.9 Å². The van der Waals surface area contributed by atoms with Crippen LogP contribution >= 0.6 is 24.2 Å². The number of methoxy groups -OCH3 is 1. The molecule has 0 aromatic heterocycles. The number of hydrogen-bond donors (Lipinski definition) is 2. The summed E-state index contributed by atoms with van der Waals surface area (Å²) in [6.45, 7) is 0.220. The van der Waals surface area contributed by atoms with Crippen LogP contribution in [0.4, 0.5) is 14.5 Å². The monoisotopic (exact) mass is 326 g/mol. The number of halogens is 3. The molecular weight excluding hydrogens is 310 g/mol. The summed E-state index contributed by atoms with van der Waals surface area (Å²) in [6.07, 6.45) is -0.296. The van der Waals surface area contributed by atoms with Gasteiger partial charge in [0.2, 0.25) is 5.91 Å². The van der Waals surface area contributed by atoms with E-state index in [1.807, 2.05) is 0 Å². The lowest BCUT2D eigenvalue weighted by Crippen LogP contribution is -2.28. The zero-order chi connectivity index (χ0) is 14.3. The van der Waals surface area contributed by atoms with Gasteiger partial charge >= 0.3 is 0 Å². The van der Waals surface area contributed by atoms with Crippen molar-refractivity contribution in [1.29, 1.82) is 0 Å². The Hall–Kier alpha value is -0.890. The maximum atomic E-state index is 12.4. The molecule has 8 heteroatoms. The molecule has 0 bridgehead atoms. The molecule has 0 heterocycles. The molecule has 4 nitrogen and oxygen atoms in total. The Morgan fingerprint density at radius 1 is 1.45 bits per heavy atom. The van der Waals surface area contributed by atoms with Crippen molar-refractivity contribution in [2.24, 2.45) is 5.73 Å². The minimum absolute atomic E-state index is 0. The second-order valence-electron chi connectivity index (χ2n) is 3.72. The molecule has 1 amide bonds. The van der Waals surface area contributed by atoms with Crippen LogP contribution in [0.25, 0.3) is 0 Å². The highest BCUT2D eigenvalue weighted by Crippen LogP contribution is 2.31. The number of hydrogen-bond acceptors (Lipinski definition) is 4. The van der Waals surface area contributed by atoms with Crippen LogP contribution in [0.2, 0.25) is 0 Å². The molecule has 1 atom stereocenters. The van der Waals surface area contributed by atoms with Gasteiger partial charge in [-0.25, -0.2) is 0 Å². The third-order valence-electron chi connectivity index (χ3n) is 2.39. The zero-order valence-corrected chi connectivity index (χ0v) is 12.5. The van der Waals surface area contributed by atoms with E-state index in [2.05, 4.69) is 5.32 Å². The van der Waals surface area contributed by atoms with E-state index in [1.54, 1.807) is 18.2 Å². The van der Waals surface area contributed by atoms with Gasteiger partial charge < -0.3 is 15.8 Å². The third-order valence-corrected chi connectivity index (χ3v) is 3.17. The van der Waals surface area contributed by atoms with Crippen LogP contribution in [-0.2, 0) is 9.53 Å². The second-order valence-corrected chi connectivity index (χ2v) is 4.75. The standard InChI is InChI=1S/C12H16F2N2O2S.ClH/c1-18-8(7-15)6-11(17)16-9-4-2-3-5-10(9)19-12(13)14;/h2-5,8,12H,6-7,15H2,1H3,(H,16,17);1H. The van der Waals surface area contributed by atoms with Crippen LogP contribution in [0.3, 0.4) is 0 Å². The van der Waals surface area contributed by atoms with Gasteiger partial charge in [-0.3, -0.25) is 4.79 Å². The summed E-state index contributed by atoms with van der Waals surface area (Å²) < 4.78 is 29.7. The Kier molecular flexibility index (Phi) is 9.49. The largest absolute Gasteiger partial charge is 0.380 e. The molecule has 0 fully saturated rings. The van der Waals surface area contributed by atoms with Crippen molar-refractivity contribution in [2.45, 2.75) is 23.2 Å². The number of ether oxygens (including phenoxy) is 1. The fourth-order valence-corrected chi connectivity index (χ4v) is 2.03. The van der Waals surface area contributed by atoms with E-state index in [9.17, 15) is 13.6 Å². The van der Waals surface area contributed by atoms with Crippen LogP contribution in [0.5, 0.6) is 0 Å². The van der Waals surface area contributed by atoms with Crippen LogP contribution in [0.1, 0.15) is 6.42 Å². The van der Waals surface area contributed by atoms with Gasteiger partial charge in [-0.05, 0) is 12.1 Å². The molecule has 0 saturated heterocycles. The molecule has 0 aliphatic heterocycles. The number of thioether (sulfide) groups is 1. The second kappa shape index (κ2) is 9.93. The highest BCUT2D eigenvalue weighted by Gasteiger charge is 2.14. The molecule has 0 saturated carbocycles. The van der Waals surface area contributed by atoms with Crippen molar-refractivity contribution >= 4 is 35.8 Å². The quantitative estimate of drug-likeness (QED) is 0.756. The zero-order valence-electron chi connectivity index (χ0n) is 10.8. The minimum Gasteiger partial charge on any atom is -0.380 e. The Balaban J connectivity index is 0.00000361. The van der Waals surface area contributed by atoms with Crippen molar-refractivity contribution in [3.05, 3.63) is 24.3 Å². The van der Waals surface area contributed by atoms with Gasteiger partial charge in [0.1, 0.15) is 0 Å². The van der Waals surface area contributed by atoms with Gasteiger partial charge in [0.25, 0.3) is 5.76 Å². The summed E-state index contributed by atoms with van der Waals surface area (Å²) in [5, 5.41) is 2.59. The van der Waals surface area contributed by atoms with E-state index < -0.39 is 5.76 Å². The number of alkyl halides is 2. The van der Waals surface area contributed by atoms with E-state index in [-0.39, 0.29) is 37.4 Å². The lowest BCUT2D eigenvalue weighted by atomic mass is 10.2. The van der Waals surface area contributed by atoms with Crippen LogP contribution in [-0.4, -0.2) is 31.4 Å². The molecule has 1 aromatic rings. The van der Waals surface area contributed by atoms with Crippen LogP contribution in [0, 0.1) is 0 Å². The number of anilines is 1. The summed E-state index contributed by atoms with van der Waals surface area (Å²) in [4.78, 5) is 12.1. The Morgan fingerprint density at radius 2 is 2.10 bits per heavy atom. The Labute approximate surface area is 126 Å². The number of para-hydroxylation sites is 1. The Morgan fingerprint density at radius 3 is 2.65 bits per heavy atom. The number of nitrogens with two attached hydrogens (primary N) is 1. The van der Waals surface area contributed by atoms with Gasteiger partial charge in [0, 0.05) is 18.6 Å². The van der Waals surface area contributed by atoms with Crippen molar-refractivity contribution in [2.75, 3.05) is 19.0 Å². The van der Waals surface area contributed by atoms with Gasteiger partial charge in [0.15, 0.2) is 0 Å². The number of carbonyl (C=O) groups is 1. The van der Waals surface area contributed by atoms with Gasteiger partial charge in [-0.15, -0.1) is 12.4 Å². The molecular formula is C12H17ClF2N2O2S. The van der Waals surface area contributed by atoms with Gasteiger partial charge in [-0.2, -0.15) is 8.78 Å². The molecule has 20 heavy (non-hydrogen) atoms. The molecule has 3 N–H and O–H groups in total. The third kappa shape index (κ3) is 6.51. The predicted octanol–water partition coefficient (Wildman–Crippen LogP) is 2.73. The lowest BCUT2D eigenvalue weighted by molar-refractivity contribution is -0.118. The summed E-state index contributed by atoms with van der Waals surface area (Å²) in [6, 6.07) is 6.41. The summed E-state index contributed by atoms with van der Waals surface area (Å²) in [5.41, 5.74) is 5.78. The molecule has 1 unspecified atom stereocenters. The topological polar surface area (TPSA) is 64.3 Å². The molecule has 0 spiro atoms. The molecule has 0 aliphatic carbocycles. The van der Waals surface area contributed by atoms with E-state index >= 15 is 0 Å². The normalized spacial score (nSPS) is 11.8. The average Bonchev–Trinajstić information content (AvgIpc) is 2.37. The summed E-state index contributed by atoms with van der Waals surface area (Å²) in [5.74, 6) is -2.85. The first-order valence-electron chi connectivity index (χ1n) is 5.63. The van der Waals surface area contributed by atoms with Crippen molar-refractivity contribution in [3.63, 3.8) is 0 Å². The fourth-order valence-electron chi connectivity index (χ4n) is 1.44. The number of carbonyl (C=O) groups excluding carboxylic acids is 1. The Bertz CT molecular complexity index is 420. The molecule has 0 radical (unpaired) electrons. The first kappa shape index (κ1) is 19.1. The highest BCUT2D eigenvalue weighted by molar-refractivity contribution is 7.99. The maximum Gasteiger partial charge on any atom is 0.288 e. The fraction of sp³-hybridized carbons (Fsp3) is 0.417. The average molecular weight is 327 g/mol. The van der Waals surface area contributed by atoms with E-state index in [4.69, 9.17) is 10.5 Å². The smallest absolute Gasteiger partial charge is 0.288 e. The maximum absolute atomic E-state index is 12.4. The van der Waals surface area contributed by atoms with E-state index in [0.717, 1.165) is 0 Å². The molecule has 0 aliphatic rings. The summed E-state index contributed by atoms with van der Waals surface area (Å²) >= 11 is 0.393. The first-order chi connectivity index (χ1) is 9.06. The lowest BCUT2D eigenvalue weighted by Gasteiger charge is -2.14. The molecule has 1 aromatic carbocycles. The molecule has 1 rings (SSSR count). The van der Waals surface area contributed by atoms with Crippen LogP contribution < -0.4 is 11.1 Å². The summed E-state index contributed by atoms with van der Waals surface area (Å²) in [7, 11) is 1.46. The van der Waals surface area contributed by atoms with Crippen molar-refractivity contribution in [1.82, 2.24) is 0 Å². The van der Waals surface area contributed by atoms with E-state index in [0.29, 0.717) is 22.3 Å². The number of nitrogens with one attached hydrogen (secondary N) is 1. The van der Waals surface area contributed by atoms with Crippen molar-refractivity contribution in [3.8, 4) is 0 Å². The van der Waals surface area contributed by atoms with Crippen LogP contribution in [0.15, 0.2) is 29.2 Å². The van der Waals surface area contributed by atoms with E-state index in [1.165, 1.54) is 13.2 Å². The SMILES string of the molecule is COC(CN)CC(=O)Nc1ccccc1SC(F)F.Cl.